The van der Waals surface area contributed by atoms with E-state index >= 15 is 0 Å². The highest BCUT2D eigenvalue weighted by Gasteiger charge is 2.38. The summed E-state index contributed by atoms with van der Waals surface area (Å²) in [6.45, 7) is 8.53. The topological polar surface area (TPSA) is 50.8 Å². The van der Waals surface area contributed by atoms with E-state index in [1.807, 2.05) is 20.8 Å². The average molecular weight is 265 g/mol. The van der Waals surface area contributed by atoms with Crippen LogP contribution in [0.2, 0.25) is 0 Å². The van der Waals surface area contributed by atoms with Crippen molar-refractivity contribution in [2.45, 2.75) is 38.5 Å². The van der Waals surface area contributed by atoms with Crippen LogP contribution in [0.4, 0.5) is 4.79 Å². The number of carbonyl (C=O) groups is 1. The van der Waals surface area contributed by atoms with Gasteiger partial charge in [-0.25, -0.2) is 4.79 Å². The fourth-order valence-corrected chi connectivity index (χ4v) is 2.07. The van der Waals surface area contributed by atoms with E-state index in [-0.39, 0.29) is 30.6 Å². The van der Waals surface area contributed by atoms with Crippen LogP contribution in [0.3, 0.4) is 0 Å². The van der Waals surface area contributed by atoms with Gasteiger partial charge in [0.2, 0.25) is 0 Å². The summed E-state index contributed by atoms with van der Waals surface area (Å²) in [6.07, 6.45) is -0.117. The maximum atomic E-state index is 11.8. The molecule has 5 nitrogen and oxygen atoms in total. The quantitative estimate of drug-likeness (QED) is 0.710. The first-order valence-electron chi connectivity index (χ1n) is 5.78. The first kappa shape index (κ1) is 14.5. The minimum absolute atomic E-state index is 0. The third-order valence-corrected chi connectivity index (χ3v) is 2.76. The summed E-state index contributed by atoms with van der Waals surface area (Å²) in [5.41, 5.74) is -0.431. The van der Waals surface area contributed by atoms with Crippen LogP contribution in [0, 0.1) is 0 Å². The van der Waals surface area contributed by atoms with Gasteiger partial charge in [-0.15, -0.1) is 12.4 Å². The Bertz CT molecular complexity index is 266. The minimum atomic E-state index is -0.431. The van der Waals surface area contributed by atoms with E-state index in [4.69, 9.17) is 9.47 Å². The molecule has 0 bridgehead atoms. The summed E-state index contributed by atoms with van der Waals surface area (Å²) in [6, 6.07) is 0.265. The summed E-state index contributed by atoms with van der Waals surface area (Å²) < 4.78 is 10.9. The van der Waals surface area contributed by atoms with Gasteiger partial charge in [-0.3, -0.25) is 0 Å². The lowest BCUT2D eigenvalue weighted by atomic mass is 10.2. The molecule has 0 aromatic carbocycles. The molecular weight excluding hydrogens is 244 g/mol. The molecule has 0 radical (unpaired) electrons. The lowest BCUT2D eigenvalue weighted by Gasteiger charge is -2.25. The van der Waals surface area contributed by atoms with Crippen molar-refractivity contribution in [3.05, 3.63) is 0 Å². The number of morpholine rings is 1. The molecule has 2 heterocycles. The van der Waals surface area contributed by atoms with Gasteiger partial charge in [-0.1, -0.05) is 0 Å². The van der Waals surface area contributed by atoms with E-state index in [0.29, 0.717) is 13.1 Å². The zero-order valence-electron chi connectivity index (χ0n) is 10.6. The van der Waals surface area contributed by atoms with E-state index in [1.54, 1.807) is 4.90 Å². The normalized spacial score (nSPS) is 28.3. The maximum absolute atomic E-state index is 11.8. The molecule has 0 unspecified atom stereocenters. The van der Waals surface area contributed by atoms with Crippen molar-refractivity contribution < 1.29 is 14.3 Å². The number of hydrogen-bond acceptors (Lipinski definition) is 4. The molecule has 0 spiro atoms. The third-order valence-electron chi connectivity index (χ3n) is 2.76. The molecule has 6 heteroatoms. The Kier molecular flexibility index (Phi) is 4.63. The molecule has 0 aromatic rings. The maximum Gasteiger partial charge on any atom is 0.410 e. The van der Waals surface area contributed by atoms with Crippen molar-refractivity contribution in [2.75, 3.05) is 26.2 Å². The van der Waals surface area contributed by atoms with Crippen molar-refractivity contribution in [2.24, 2.45) is 0 Å². The molecule has 0 saturated carbocycles. The summed E-state index contributed by atoms with van der Waals surface area (Å²) in [4.78, 5) is 13.5. The highest BCUT2D eigenvalue weighted by molar-refractivity contribution is 5.85. The summed E-state index contributed by atoms with van der Waals surface area (Å²) >= 11 is 0. The molecule has 0 aliphatic carbocycles. The SMILES string of the molecule is CC(C)(C)OC(=O)N1C[C@@H]2NCCO[C@@H]2C1.Cl. The predicted octanol–water partition coefficient (Wildman–Crippen LogP) is 1.02. The van der Waals surface area contributed by atoms with Crippen LogP contribution in [-0.4, -0.2) is 55.0 Å². The number of nitrogens with zero attached hydrogens (tertiary/aromatic N) is 1. The predicted molar refractivity (Wildman–Crippen MR) is 66.6 cm³/mol. The molecule has 2 saturated heterocycles. The molecule has 1 amide bonds. The molecule has 100 valence electrons. The Hall–Kier alpha value is -0.520. The van der Waals surface area contributed by atoms with Crippen LogP contribution in [-0.2, 0) is 9.47 Å². The first-order chi connectivity index (χ1) is 7.46. The second kappa shape index (κ2) is 5.42. The Morgan fingerprint density at radius 1 is 1.41 bits per heavy atom. The van der Waals surface area contributed by atoms with Crippen LogP contribution >= 0.6 is 12.4 Å². The van der Waals surface area contributed by atoms with E-state index in [2.05, 4.69) is 5.32 Å². The molecule has 0 aromatic heterocycles. The van der Waals surface area contributed by atoms with E-state index in [9.17, 15) is 4.79 Å². The zero-order chi connectivity index (χ0) is 11.8. The van der Waals surface area contributed by atoms with Crippen molar-refractivity contribution >= 4 is 18.5 Å². The number of amides is 1. The third kappa shape index (κ3) is 3.72. The van der Waals surface area contributed by atoms with Gasteiger partial charge in [0.1, 0.15) is 5.60 Å². The number of rotatable bonds is 0. The molecule has 2 atom stereocenters. The monoisotopic (exact) mass is 264 g/mol. The number of nitrogens with one attached hydrogen (secondary N) is 1. The molecule has 2 aliphatic rings. The fourth-order valence-electron chi connectivity index (χ4n) is 2.07. The van der Waals surface area contributed by atoms with E-state index in [0.717, 1.165) is 13.2 Å². The fraction of sp³-hybridized carbons (Fsp3) is 0.909. The Morgan fingerprint density at radius 2 is 2.12 bits per heavy atom. The van der Waals surface area contributed by atoms with Gasteiger partial charge in [0, 0.05) is 13.1 Å². The molecule has 2 rings (SSSR count). The Labute approximate surface area is 108 Å². The number of ether oxygens (including phenoxy) is 2. The smallest absolute Gasteiger partial charge is 0.410 e. The Balaban J connectivity index is 0.00000144. The van der Waals surface area contributed by atoms with Crippen LogP contribution in [0.5, 0.6) is 0 Å². The van der Waals surface area contributed by atoms with Gasteiger partial charge >= 0.3 is 6.09 Å². The van der Waals surface area contributed by atoms with E-state index < -0.39 is 5.60 Å². The second-order valence-corrected chi connectivity index (χ2v) is 5.36. The van der Waals surface area contributed by atoms with Gasteiger partial charge in [0.15, 0.2) is 0 Å². The molecular formula is C11H21ClN2O3. The van der Waals surface area contributed by atoms with E-state index in [1.165, 1.54) is 0 Å². The van der Waals surface area contributed by atoms with Crippen LogP contribution in [0.25, 0.3) is 0 Å². The Morgan fingerprint density at radius 3 is 2.71 bits per heavy atom. The minimum Gasteiger partial charge on any atom is -0.444 e. The van der Waals surface area contributed by atoms with Crippen molar-refractivity contribution in [3.8, 4) is 0 Å². The lowest BCUT2D eigenvalue weighted by molar-refractivity contribution is 0.0104. The highest BCUT2D eigenvalue weighted by Crippen LogP contribution is 2.19. The van der Waals surface area contributed by atoms with Crippen LogP contribution in [0.15, 0.2) is 0 Å². The summed E-state index contributed by atoms with van der Waals surface area (Å²) in [5, 5.41) is 3.35. The van der Waals surface area contributed by atoms with Crippen molar-refractivity contribution in [3.63, 3.8) is 0 Å². The summed E-state index contributed by atoms with van der Waals surface area (Å²) in [7, 11) is 0. The number of likely N-dealkylation sites (tertiary alicyclic amines) is 1. The number of halogens is 1. The molecule has 17 heavy (non-hydrogen) atoms. The van der Waals surface area contributed by atoms with Crippen LogP contribution < -0.4 is 5.32 Å². The van der Waals surface area contributed by atoms with Crippen molar-refractivity contribution in [1.29, 1.82) is 0 Å². The average Bonchev–Trinajstić information content (AvgIpc) is 2.58. The number of hydrogen-bond donors (Lipinski definition) is 1. The van der Waals surface area contributed by atoms with Gasteiger partial charge < -0.3 is 19.7 Å². The second-order valence-electron chi connectivity index (χ2n) is 5.36. The molecule has 2 aliphatic heterocycles. The number of fused-ring (bicyclic) bond motifs is 1. The lowest BCUT2D eigenvalue weighted by Crippen LogP contribution is -2.47. The van der Waals surface area contributed by atoms with Gasteiger partial charge in [0.25, 0.3) is 0 Å². The van der Waals surface area contributed by atoms with Crippen molar-refractivity contribution in [1.82, 2.24) is 10.2 Å². The standard InChI is InChI=1S/C11H20N2O3.ClH/c1-11(2,3)16-10(14)13-6-8-9(7-13)15-5-4-12-8;/h8-9,12H,4-7H2,1-3H3;1H/t8-,9+;/m0./s1. The van der Waals surface area contributed by atoms with Gasteiger partial charge in [-0.2, -0.15) is 0 Å². The largest absolute Gasteiger partial charge is 0.444 e. The number of carbonyl (C=O) groups excluding carboxylic acids is 1. The highest BCUT2D eigenvalue weighted by atomic mass is 35.5. The van der Waals surface area contributed by atoms with Crippen LogP contribution in [0.1, 0.15) is 20.8 Å². The van der Waals surface area contributed by atoms with Gasteiger partial charge in [-0.05, 0) is 20.8 Å². The molecule has 2 fully saturated rings. The first-order valence-corrected chi connectivity index (χ1v) is 5.78. The van der Waals surface area contributed by atoms with Gasteiger partial charge in [0.05, 0.1) is 25.3 Å². The summed E-state index contributed by atoms with van der Waals surface area (Å²) in [5.74, 6) is 0. The zero-order valence-corrected chi connectivity index (χ0v) is 11.4. The molecule has 1 N–H and O–H groups in total.